The van der Waals surface area contributed by atoms with Crippen LogP contribution >= 0.6 is 27.3 Å². The lowest BCUT2D eigenvalue weighted by atomic mass is 10.0. The first-order valence-corrected chi connectivity index (χ1v) is 6.75. The molecule has 0 bridgehead atoms. The highest BCUT2D eigenvalue weighted by Crippen LogP contribution is 2.26. The van der Waals surface area contributed by atoms with Crippen molar-refractivity contribution in [3.05, 3.63) is 20.8 Å². The summed E-state index contributed by atoms with van der Waals surface area (Å²) in [5.74, 6) is 0. The highest BCUT2D eigenvalue weighted by Gasteiger charge is 2.22. The Hall–Kier alpha value is 0.100. The van der Waals surface area contributed by atoms with Crippen LogP contribution in [0.3, 0.4) is 0 Å². The zero-order chi connectivity index (χ0) is 11.5. The fourth-order valence-corrected chi connectivity index (χ4v) is 2.95. The van der Waals surface area contributed by atoms with Crippen molar-refractivity contribution in [1.29, 1.82) is 0 Å². The molecule has 2 N–H and O–H groups in total. The van der Waals surface area contributed by atoms with E-state index in [4.69, 9.17) is 0 Å². The van der Waals surface area contributed by atoms with Gasteiger partial charge in [-0.3, -0.25) is 0 Å². The van der Waals surface area contributed by atoms with Crippen LogP contribution < -0.4 is 5.32 Å². The van der Waals surface area contributed by atoms with Gasteiger partial charge in [-0.15, -0.1) is 11.3 Å². The highest BCUT2D eigenvalue weighted by atomic mass is 79.9. The van der Waals surface area contributed by atoms with Crippen LogP contribution in [-0.4, -0.2) is 23.3 Å². The molecule has 86 valence electrons. The first-order chi connectivity index (χ1) is 6.91. The minimum atomic E-state index is -0.683. The van der Waals surface area contributed by atoms with E-state index in [-0.39, 0.29) is 0 Å². The zero-order valence-corrected chi connectivity index (χ0v) is 11.8. The molecule has 0 aliphatic heterocycles. The molecule has 0 aliphatic rings. The van der Waals surface area contributed by atoms with Crippen LogP contribution in [0.4, 0.5) is 0 Å². The Morgan fingerprint density at radius 1 is 1.60 bits per heavy atom. The summed E-state index contributed by atoms with van der Waals surface area (Å²) in [4.78, 5) is 1.20. The van der Waals surface area contributed by atoms with Crippen molar-refractivity contribution in [2.45, 2.75) is 38.8 Å². The number of rotatable bonds is 5. The number of thiophene rings is 1. The zero-order valence-electron chi connectivity index (χ0n) is 9.38. The molecular weight excluding hydrogens is 274 g/mol. The maximum atomic E-state index is 10.2. The molecule has 1 unspecified atom stereocenters. The molecule has 1 heterocycles. The van der Waals surface area contributed by atoms with E-state index in [0.29, 0.717) is 19.0 Å². The molecule has 0 saturated heterocycles. The van der Waals surface area contributed by atoms with Crippen LogP contribution in [0.1, 0.15) is 25.6 Å². The first-order valence-electron chi connectivity index (χ1n) is 5.08. The van der Waals surface area contributed by atoms with Crippen molar-refractivity contribution >= 4 is 27.3 Å². The summed E-state index contributed by atoms with van der Waals surface area (Å²) in [5.41, 5.74) is -0.683. The van der Waals surface area contributed by atoms with E-state index < -0.39 is 5.60 Å². The van der Waals surface area contributed by atoms with Crippen LogP contribution in [-0.2, 0) is 6.42 Å². The second-order valence-corrected chi connectivity index (χ2v) is 6.26. The molecule has 2 nitrogen and oxygen atoms in total. The molecule has 1 atom stereocenters. The summed E-state index contributed by atoms with van der Waals surface area (Å²) in [6, 6.07) is 2.43. The van der Waals surface area contributed by atoms with Gasteiger partial charge in [-0.2, -0.15) is 0 Å². The molecule has 0 saturated carbocycles. The molecule has 1 aromatic rings. The second kappa shape index (κ2) is 5.43. The van der Waals surface area contributed by atoms with Gasteiger partial charge in [0.25, 0.3) is 0 Å². The number of hydrogen-bond acceptors (Lipinski definition) is 3. The fraction of sp³-hybridized carbons (Fsp3) is 0.636. The summed E-state index contributed by atoms with van der Waals surface area (Å²) in [5, 5.41) is 15.5. The normalized spacial score (nSPS) is 15.6. The summed E-state index contributed by atoms with van der Waals surface area (Å²) < 4.78 is 1.09. The topological polar surface area (TPSA) is 32.3 Å². The third-order valence-electron chi connectivity index (χ3n) is 2.12. The predicted molar refractivity (Wildman–Crippen MR) is 69.5 cm³/mol. The van der Waals surface area contributed by atoms with Gasteiger partial charge in [-0.1, -0.05) is 13.8 Å². The highest BCUT2D eigenvalue weighted by molar-refractivity contribution is 9.10. The van der Waals surface area contributed by atoms with E-state index in [0.717, 1.165) is 4.47 Å². The van der Waals surface area contributed by atoms with E-state index in [1.807, 2.05) is 18.4 Å². The van der Waals surface area contributed by atoms with Gasteiger partial charge in [-0.25, -0.2) is 0 Å². The Balaban J connectivity index is 2.52. The lowest BCUT2D eigenvalue weighted by molar-refractivity contribution is 0.0588. The quantitative estimate of drug-likeness (QED) is 0.874. The Kier molecular flexibility index (Phi) is 4.77. The third-order valence-corrected chi connectivity index (χ3v) is 4.05. The third kappa shape index (κ3) is 4.64. The fourth-order valence-electron chi connectivity index (χ4n) is 1.28. The standard InChI is InChI=1S/C11H18BrNOS/c1-8(2)13-7-11(3,14)6-10-9(12)4-5-15-10/h4-5,8,13-14H,6-7H2,1-3H3. The van der Waals surface area contributed by atoms with Crippen molar-refractivity contribution in [2.24, 2.45) is 0 Å². The second-order valence-electron chi connectivity index (χ2n) is 4.40. The smallest absolute Gasteiger partial charge is 0.0792 e. The van der Waals surface area contributed by atoms with E-state index in [2.05, 4.69) is 35.1 Å². The molecule has 4 heteroatoms. The Morgan fingerprint density at radius 3 is 2.73 bits per heavy atom. The number of aliphatic hydroxyl groups is 1. The predicted octanol–water partition coefficient (Wildman–Crippen LogP) is 2.80. The van der Waals surface area contributed by atoms with E-state index in [9.17, 15) is 5.11 Å². The van der Waals surface area contributed by atoms with Crippen molar-refractivity contribution in [3.63, 3.8) is 0 Å². The van der Waals surface area contributed by atoms with Gasteiger partial charge in [-0.05, 0) is 34.3 Å². The van der Waals surface area contributed by atoms with Gasteiger partial charge in [0.2, 0.25) is 0 Å². The van der Waals surface area contributed by atoms with Crippen LogP contribution in [0.15, 0.2) is 15.9 Å². The molecular formula is C11H18BrNOS. The molecule has 0 spiro atoms. The molecule has 1 aromatic heterocycles. The largest absolute Gasteiger partial charge is 0.388 e. The lowest BCUT2D eigenvalue weighted by Gasteiger charge is -2.24. The molecule has 0 radical (unpaired) electrons. The minimum absolute atomic E-state index is 0.406. The van der Waals surface area contributed by atoms with E-state index >= 15 is 0 Å². The number of halogens is 1. The molecule has 0 fully saturated rings. The van der Waals surface area contributed by atoms with Gasteiger partial charge >= 0.3 is 0 Å². The van der Waals surface area contributed by atoms with Gasteiger partial charge in [0.1, 0.15) is 0 Å². The van der Waals surface area contributed by atoms with Crippen LogP contribution in [0.25, 0.3) is 0 Å². The van der Waals surface area contributed by atoms with Crippen LogP contribution in [0, 0.1) is 0 Å². The molecule has 15 heavy (non-hydrogen) atoms. The Morgan fingerprint density at radius 2 is 2.27 bits per heavy atom. The monoisotopic (exact) mass is 291 g/mol. The van der Waals surface area contributed by atoms with Crippen molar-refractivity contribution in [2.75, 3.05) is 6.54 Å². The number of nitrogens with one attached hydrogen (secondary N) is 1. The maximum absolute atomic E-state index is 10.2. The SMILES string of the molecule is CC(C)NCC(C)(O)Cc1sccc1Br. The van der Waals surface area contributed by atoms with Crippen LogP contribution in [0.2, 0.25) is 0 Å². The average molecular weight is 292 g/mol. The summed E-state index contributed by atoms with van der Waals surface area (Å²) in [6.45, 7) is 6.65. The summed E-state index contributed by atoms with van der Waals surface area (Å²) >= 11 is 5.15. The van der Waals surface area contributed by atoms with Crippen LogP contribution in [0.5, 0.6) is 0 Å². The van der Waals surface area contributed by atoms with Crippen molar-refractivity contribution in [3.8, 4) is 0 Å². The maximum Gasteiger partial charge on any atom is 0.0792 e. The van der Waals surface area contributed by atoms with Crippen molar-refractivity contribution < 1.29 is 5.11 Å². The lowest BCUT2D eigenvalue weighted by Crippen LogP contribution is -2.42. The summed E-state index contributed by atoms with van der Waals surface area (Å²) in [7, 11) is 0. The Labute approximate surface area is 104 Å². The first kappa shape index (κ1) is 13.2. The molecule has 0 aromatic carbocycles. The van der Waals surface area contributed by atoms with Gasteiger partial charge < -0.3 is 10.4 Å². The van der Waals surface area contributed by atoms with E-state index in [1.54, 1.807) is 11.3 Å². The molecule has 0 amide bonds. The van der Waals surface area contributed by atoms with E-state index in [1.165, 1.54) is 4.88 Å². The average Bonchev–Trinajstić information content (AvgIpc) is 2.48. The molecule has 0 aliphatic carbocycles. The molecule has 1 rings (SSSR count). The van der Waals surface area contributed by atoms with Gasteiger partial charge in [0, 0.05) is 28.4 Å². The Bertz CT molecular complexity index is 309. The summed E-state index contributed by atoms with van der Waals surface area (Å²) in [6.07, 6.45) is 0.685. The minimum Gasteiger partial charge on any atom is -0.388 e. The van der Waals surface area contributed by atoms with Gasteiger partial charge in [0.15, 0.2) is 0 Å². The van der Waals surface area contributed by atoms with Gasteiger partial charge in [0.05, 0.1) is 5.60 Å². The number of hydrogen-bond donors (Lipinski definition) is 2. The van der Waals surface area contributed by atoms with Crippen molar-refractivity contribution in [1.82, 2.24) is 5.32 Å².